The molecule has 3 nitrogen and oxygen atoms in total. The average Bonchev–Trinajstić information content (AvgIpc) is 2.65. The fraction of sp³-hybridized carbons (Fsp3) is 0.933. The Labute approximate surface area is 182 Å². The minimum Gasteiger partial charge on any atom is -0.363 e. The molecule has 1 aliphatic heterocycles. The maximum atomic E-state index is 13.7. The number of halogens is 17. The van der Waals surface area contributed by atoms with Gasteiger partial charge < -0.3 is 9.47 Å². The Morgan fingerprint density at radius 2 is 1.20 bits per heavy atom. The van der Waals surface area contributed by atoms with E-state index in [0.29, 0.717) is 0 Å². The van der Waals surface area contributed by atoms with Crippen molar-refractivity contribution in [3.05, 3.63) is 0 Å². The number of hydrogen-bond acceptors (Lipinski definition) is 3. The molecule has 1 fully saturated rings. The zero-order valence-corrected chi connectivity index (χ0v) is 16.2. The van der Waals surface area contributed by atoms with Crippen molar-refractivity contribution >= 4 is 6.04 Å². The van der Waals surface area contributed by atoms with E-state index in [1.54, 1.807) is 0 Å². The molecule has 0 aromatic heterocycles. The number of ether oxygens (including phenoxy) is 2. The first-order valence-corrected chi connectivity index (χ1v) is 8.74. The minimum atomic E-state index is -7.81. The highest BCUT2D eigenvalue weighted by molar-refractivity contribution is 5.78. The van der Waals surface area contributed by atoms with Crippen molar-refractivity contribution < 1.29 is 88.9 Å². The Morgan fingerprint density at radius 1 is 0.714 bits per heavy atom. The Hall–Kier alpha value is -1.60. The molecule has 0 radical (unpaired) electrons. The van der Waals surface area contributed by atoms with E-state index < -0.39 is 92.2 Å². The molecular formula is C15H11F17O3. The van der Waals surface area contributed by atoms with Crippen LogP contribution in [0, 0.1) is 0 Å². The van der Waals surface area contributed by atoms with E-state index >= 15 is 0 Å². The summed E-state index contributed by atoms with van der Waals surface area (Å²) in [5, 5.41) is 0. The first kappa shape index (κ1) is 31.4. The van der Waals surface area contributed by atoms with Crippen LogP contribution in [-0.4, -0.2) is 72.9 Å². The molecule has 1 rings (SSSR count). The largest absolute Gasteiger partial charge is 0.417 e. The zero-order valence-electron chi connectivity index (χ0n) is 16.2. The van der Waals surface area contributed by atoms with E-state index in [-0.39, 0.29) is 0 Å². The molecule has 0 aromatic carbocycles. The van der Waals surface area contributed by atoms with Gasteiger partial charge in [-0.15, -0.1) is 0 Å². The molecule has 0 saturated carbocycles. The van der Waals surface area contributed by atoms with Crippen molar-refractivity contribution in [3.8, 4) is 0 Å². The zero-order chi connectivity index (χ0) is 28.1. The van der Waals surface area contributed by atoms with Crippen LogP contribution in [0.5, 0.6) is 0 Å². The van der Waals surface area contributed by atoms with Gasteiger partial charge in [0.25, 0.3) is 0 Å². The first-order valence-electron chi connectivity index (χ1n) is 8.74. The van der Waals surface area contributed by atoms with E-state index in [2.05, 4.69) is 9.47 Å². The normalized spacial score (nSPS) is 24.0. The summed E-state index contributed by atoms with van der Waals surface area (Å²) in [6, 6.07) is -4.58. The number of alkyl halides is 16. The third-order valence-electron chi connectivity index (χ3n) is 4.66. The third-order valence-corrected chi connectivity index (χ3v) is 4.66. The summed E-state index contributed by atoms with van der Waals surface area (Å²) in [4.78, 5) is 9.83. The SMILES string of the molecule is O=C(F)C(F)(F)C(F)(F)C(F)(F)C(F)(F)C(F)(F)CCC[C@@H]1O[C@H](C(F)(F)F)CO[C@@H]1C(F)(F)F. The summed E-state index contributed by atoms with van der Waals surface area (Å²) in [7, 11) is 0. The Kier molecular flexibility index (Phi) is 8.41. The quantitative estimate of drug-likeness (QED) is 0.252. The Bertz CT molecular complexity index is 757. The fourth-order valence-corrected chi connectivity index (χ4v) is 2.75. The molecule has 1 saturated heterocycles. The maximum absolute atomic E-state index is 13.7. The van der Waals surface area contributed by atoms with Crippen LogP contribution in [0.25, 0.3) is 0 Å². The second-order valence-corrected chi connectivity index (χ2v) is 7.17. The smallest absolute Gasteiger partial charge is 0.363 e. The fourth-order valence-electron chi connectivity index (χ4n) is 2.75. The maximum Gasteiger partial charge on any atom is 0.417 e. The molecule has 1 heterocycles. The van der Waals surface area contributed by atoms with Gasteiger partial charge in [-0.3, -0.25) is 4.79 Å². The molecule has 0 N–H and O–H groups in total. The highest BCUT2D eigenvalue weighted by Gasteiger charge is 2.87. The predicted molar refractivity (Wildman–Crippen MR) is 75.2 cm³/mol. The van der Waals surface area contributed by atoms with Crippen LogP contribution in [0.2, 0.25) is 0 Å². The van der Waals surface area contributed by atoms with Gasteiger partial charge in [0, 0.05) is 6.42 Å². The van der Waals surface area contributed by atoms with Gasteiger partial charge in [-0.2, -0.15) is 74.6 Å². The molecule has 1 aliphatic rings. The van der Waals surface area contributed by atoms with Crippen molar-refractivity contribution in [3.63, 3.8) is 0 Å². The predicted octanol–water partition coefficient (Wildman–Crippen LogP) is 6.11. The lowest BCUT2D eigenvalue weighted by Crippen LogP contribution is -2.68. The molecule has 0 amide bonds. The van der Waals surface area contributed by atoms with E-state index in [0.717, 1.165) is 0 Å². The molecule has 0 unspecified atom stereocenters. The molecule has 3 atom stereocenters. The summed E-state index contributed by atoms with van der Waals surface area (Å²) in [5.74, 6) is -36.6. The molecule has 0 aliphatic carbocycles. The van der Waals surface area contributed by atoms with Crippen LogP contribution in [0.15, 0.2) is 0 Å². The molecule has 0 bridgehead atoms. The molecule has 0 aromatic rings. The standard InChI is InChI=1S/C15H11F17O3/c16-8(33)10(19,20)14(29,30)15(31,32)13(27,28)9(17,18)3-1-2-5-7(12(24,25)26)34-4-6(35-5)11(21,22)23/h5-7H,1-4H2/t5-,6-,7-/m0/s1. The number of hydrogen-bond donors (Lipinski definition) is 0. The second kappa shape index (κ2) is 9.37. The van der Waals surface area contributed by atoms with E-state index in [1.807, 2.05) is 0 Å². The highest BCUT2D eigenvalue weighted by Crippen LogP contribution is 2.58. The lowest BCUT2D eigenvalue weighted by Gasteiger charge is -2.39. The molecule has 0 spiro atoms. The van der Waals surface area contributed by atoms with Crippen LogP contribution in [0.4, 0.5) is 74.6 Å². The number of carbonyl (C=O) groups excluding carboxylic acids is 1. The molecular weight excluding hydrogens is 551 g/mol. The third kappa shape index (κ3) is 5.71. The van der Waals surface area contributed by atoms with Crippen LogP contribution >= 0.6 is 0 Å². The van der Waals surface area contributed by atoms with Crippen LogP contribution < -0.4 is 0 Å². The van der Waals surface area contributed by atoms with Gasteiger partial charge in [-0.25, -0.2) is 0 Å². The van der Waals surface area contributed by atoms with Gasteiger partial charge in [-0.05, 0) is 12.8 Å². The monoisotopic (exact) mass is 562 g/mol. The van der Waals surface area contributed by atoms with Crippen molar-refractivity contribution in [2.45, 2.75) is 79.5 Å². The van der Waals surface area contributed by atoms with E-state index in [9.17, 15) is 79.4 Å². The second-order valence-electron chi connectivity index (χ2n) is 7.17. The molecule has 35 heavy (non-hydrogen) atoms. The topological polar surface area (TPSA) is 35.5 Å². The summed E-state index contributed by atoms with van der Waals surface area (Å²) in [5.41, 5.74) is 0. The average molecular weight is 562 g/mol. The highest BCUT2D eigenvalue weighted by atomic mass is 19.4. The van der Waals surface area contributed by atoms with Gasteiger partial charge in [0.2, 0.25) is 0 Å². The summed E-state index contributed by atoms with van der Waals surface area (Å²) >= 11 is 0. The van der Waals surface area contributed by atoms with E-state index in [1.165, 1.54) is 0 Å². The Balaban J connectivity index is 3.11. The summed E-state index contributed by atoms with van der Waals surface area (Å²) in [6.45, 7) is -1.72. The van der Waals surface area contributed by atoms with Crippen molar-refractivity contribution in [2.75, 3.05) is 6.61 Å². The van der Waals surface area contributed by atoms with Crippen molar-refractivity contribution in [2.24, 2.45) is 0 Å². The van der Waals surface area contributed by atoms with Crippen LogP contribution in [-0.2, 0) is 14.3 Å². The van der Waals surface area contributed by atoms with Crippen LogP contribution in [0.3, 0.4) is 0 Å². The van der Waals surface area contributed by atoms with Crippen molar-refractivity contribution in [1.29, 1.82) is 0 Å². The lowest BCUT2D eigenvalue weighted by atomic mass is 9.91. The van der Waals surface area contributed by atoms with Crippen LogP contribution in [0.1, 0.15) is 19.3 Å². The van der Waals surface area contributed by atoms with Gasteiger partial charge in [0.1, 0.15) is 0 Å². The van der Waals surface area contributed by atoms with Gasteiger partial charge in [-0.1, -0.05) is 0 Å². The summed E-state index contributed by atoms with van der Waals surface area (Å²) in [6.07, 6.45) is -26.2. The summed E-state index contributed by atoms with van der Waals surface area (Å²) < 4.78 is 230. The molecule has 20 heteroatoms. The van der Waals surface area contributed by atoms with Gasteiger partial charge in [0.05, 0.1) is 12.7 Å². The molecule has 208 valence electrons. The lowest BCUT2D eigenvalue weighted by molar-refractivity contribution is -0.396. The van der Waals surface area contributed by atoms with E-state index in [4.69, 9.17) is 0 Å². The van der Waals surface area contributed by atoms with Gasteiger partial charge in [0.15, 0.2) is 12.2 Å². The minimum absolute atomic E-state index is 1.66. The van der Waals surface area contributed by atoms with Gasteiger partial charge >= 0.3 is 48.0 Å². The first-order chi connectivity index (χ1) is 15.2. The number of rotatable bonds is 9. The van der Waals surface area contributed by atoms with Crippen molar-refractivity contribution in [1.82, 2.24) is 0 Å². The Morgan fingerprint density at radius 3 is 1.60 bits per heavy atom. The number of carbonyl (C=O) groups is 1.